The van der Waals surface area contributed by atoms with E-state index < -0.39 is 0 Å². The fourth-order valence-electron chi connectivity index (χ4n) is 3.91. The van der Waals surface area contributed by atoms with Crippen molar-refractivity contribution in [2.24, 2.45) is 7.05 Å². The van der Waals surface area contributed by atoms with Gasteiger partial charge in [-0.2, -0.15) is 10.2 Å². The zero-order chi connectivity index (χ0) is 22.1. The third-order valence-electron chi connectivity index (χ3n) is 5.69. The third-order valence-corrected chi connectivity index (χ3v) is 5.69. The molecule has 0 unspecified atom stereocenters. The minimum Gasteiger partial charge on any atom is -0.477 e. The summed E-state index contributed by atoms with van der Waals surface area (Å²) >= 11 is 0. The molecule has 1 aromatic carbocycles. The highest BCUT2D eigenvalue weighted by Crippen LogP contribution is 2.33. The van der Waals surface area contributed by atoms with Gasteiger partial charge in [-0.1, -0.05) is 6.07 Å². The topological polar surface area (TPSA) is 92.0 Å². The van der Waals surface area contributed by atoms with E-state index in [0.29, 0.717) is 32.2 Å². The van der Waals surface area contributed by atoms with Crippen LogP contribution in [0, 0.1) is 6.92 Å². The van der Waals surface area contributed by atoms with Crippen LogP contribution in [0.4, 0.5) is 0 Å². The fraction of sp³-hybridized carbons (Fsp3) is 0.348. The van der Waals surface area contributed by atoms with Crippen LogP contribution in [0.5, 0.6) is 11.8 Å². The minimum atomic E-state index is 0.497. The molecule has 1 aliphatic heterocycles. The molecule has 1 aliphatic rings. The third kappa shape index (κ3) is 3.64. The summed E-state index contributed by atoms with van der Waals surface area (Å²) in [7, 11) is 3.57. The van der Waals surface area contributed by atoms with Crippen molar-refractivity contribution >= 4 is 23.1 Å². The molecule has 9 heteroatoms. The van der Waals surface area contributed by atoms with Crippen LogP contribution >= 0.6 is 0 Å². The molecule has 0 amide bonds. The largest absolute Gasteiger partial charge is 0.477 e. The van der Waals surface area contributed by atoms with Crippen LogP contribution in [0.15, 0.2) is 24.4 Å². The molecule has 2 bridgehead atoms. The lowest BCUT2D eigenvalue weighted by atomic mass is 10.1. The van der Waals surface area contributed by atoms with Crippen LogP contribution in [0.3, 0.4) is 0 Å². The maximum atomic E-state index is 6.09. The van der Waals surface area contributed by atoms with Crippen molar-refractivity contribution in [1.29, 1.82) is 0 Å². The average molecular weight is 435 g/mol. The summed E-state index contributed by atoms with van der Waals surface area (Å²) in [4.78, 5) is 0. The minimum absolute atomic E-state index is 0.497. The van der Waals surface area contributed by atoms with Gasteiger partial charge in [0, 0.05) is 31.7 Å². The van der Waals surface area contributed by atoms with E-state index in [-0.39, 0.29) is 0 Å². The predicted octanol–water partition coefficient (Wildman–Crippen LogP) is 3.45. The Kier molecular flexibility index (Phi) is 5.40. The molecular weight excluding hydrogens is 408 g/mol. The molecule has 0 radical (unpaired) electrons. The van der Waals surface area contributed by atoms with E-state index in [1.807, 2.05) is 49.1 Å². The fourth-order valence-corrected chi connectivity index (χ4v) is 3.91. The van der Waals surface area contributed by atoms with Crippen LogP contribution in [0.25, 0.3) is 34.2 Å². The highest BCUT2D eigenvalue weighted by molar-refractivity contribution is 5.93. The van der Waals surface area contributed by atoms with Gasteiger partial charge in [0.1, 0.15) is 0 Å². The number of nitrogens with zero attached hydrogens (tertiary/aromatic N) is 5. The molecule has 0 fully saturated rings. The number of fused-ring (bicyclic) bond motifs is 4. The Morgan fingerprint density at radius 2 is 2.06 bits per heavy atom. The Hall–Kier alpha value is -3.59. The summed E-state index contributed by atoms with van der Waals surface area (Å²) in [5.41, 5.74) is 5.77. The lowest BCUT2D eigenvalue weighted by Crippen LogP contribution is -2.09. The number of benzene rings is 1. The van der Waals surface area contributed by atoms with E-state index in [0.717, 1.165) is 51.3 Å². The van der Waals surface area contributed by atoms with Crippen LogP contribution in [0.1, 0.15) is 23.4 Å². The van der Waals surface area contributed by atoms with Gasteiger partial charge in [-0.15, -0.1) is 5.10 Å². The summed E-state index contributed by atoms with van der Waals surface area (Å²) < 4.78 is 21.0. The highest BCUT2D eigenvalue weighted by atomic mass is 16.5. The summed E-state index contributed by atoms with van der Waals surface area (Å²) in [6.45, 7) is 4.30. The van der Waals surface area contributed by atoms with Crippen molar-refractivity contribution in [2.45, 2.75) is 19.9 Å². The number of methoxy groups -OCH3 is 1. The van der Waals surface area contributed by atoms with Crippen molar-refractivity contribution in [2.75, 3.05) is 26.9 Å². The monoisotopic (exact) mass is 434 g/mol. The maximum absolute atomic E-state index is 6.09. The Labute approximate surface area is 185 Å². The standard InChI is InChI=1S/C23H26N6O3/c1-15-17-6-8-21-18-13-16(5-7-20(18)25-26-21)19-14-24-28(2)23(19)32-11-4-10-31-22(17)27-29(15)9-12-30-3/h5-8,13-14H,4,9-12H2,1-3H3,(H,25,26)/b8-6+. The highest BCUT2D eigenvalue weighted by Gasteiger charge is 2.17. The molecule has 9 nitrogen and oxygen atoms in total. The molecule has 5 rings (SSSR count). The zero-order valence-electron chi connectivity index (χ0n) is 18.5. The number of rotatable bonds is 3. The number of aromatic amines is 1. The molecule has 0 spiro atoms. The lowest BCUT2D eigenvalue weighted by molar-refractivity contribution is 0.181. The van der Waals surface area contributed by atoms with Gasteiger partial charge in [-0.05, 0) is 36.8 Å². The number of hydrogen-bond donors (Lipinski definition) is 1. The van der Waals surface area contributed by atoms with Crippen LogP contribution in [0.2, 0.25) is 0 Å². The van der Waals surface area contributed by atoms with Gasteiger partial charge < -0.3 is 14.2 Å². The smallest absolute Gasteiger partial charge is 0.240 e. The first kappa shape index (κ1) is 20.3. The first-order valence-electron chi connectivity index (χ1n) is 10.7. The first-order valence-corrected chi connectivity index (χ1v) is 10.7. The molecule has 4 heterocycles. The second-order valence-corrected chi connectivity index (χ2v) is 7.76. The van der Waals surface area contributed by atoms with Gasteiger partial charge in [-0.25, -0.2) is 4.68 Å². The SMILES string of the molecule is COCCn1nc2c(c1C)/C=C/c1[nH]nc3ccc(cc13)-c1cnn(C)c1OCCCO2. The van der Waals surface area contributed by atoms with Crippen molar-refractivity contribution in [3.05, 3.63) is 41.3 Å². The van der Waals surface area contributed by atoms with E-state index in [1.165, 1.54) is 0 Å². The quantitative estimate of drug-likeness (QED) is 0.531. The number of ether oxygens (including phenoxy) is 3. The first-order chi connectivity index (χ1) is 15.7. The van der Waals surface area contributed by atoms with Crippen molar-refractivity contribution < 1.29 is 14.2 Å². The summed E-state index contributed by atoms with van der Waals surface area (Å²) in [6, 6.07) is 6.17. The lowest BCUT2D eigenvalue weighted by Gasteiger charge is -2.10. The zero-order valence-corrected chi connectivity index (χ0v) is 18.5. The molecule has 3 aromatic heterocycles. The number of nitrogens with one attached hydrogen (secondary N) is 1. The van der Waals surface area contributed by atoms with Crippen LogP contribution in [-0.4, -0.2) is 56.7 Å². The Morgan fingerprint density at radius 1 is 1.19 bits per heavy atom. The molecule has 1 N–H and O–H groups in total. The predicted molar refractivity (Wildman–Crippen MR) is 122 cm³/mol. The maximum Gasteiger partial charge on any atom is 0.240 e. The summed E-state index contributed by atoms with van der Waals surface area (Å²) in [6.07, 6.45) is 6.62. The molecule has 166 valence electrons. The Bertz CT molecular complexity index is 1280. The van der Waals surface area contributed by atoms with E-state index in [4.69, 9.17) is 14.2 Å². The number of H-pyrrole nitrogens is 1. The van der Waals surface area contributed by atoms with Gasteiger partial charge in [0.05, 0.1) is 54.9 Å². The summed E-state index contributed by atoms with van der Waals surface area (Å²) in [5.74, 6) is 1.34. The van der Waals surface area contributed by atoms with Crippen molar-refractivity contribution in [1.82, 2.24) is 29.8 Å². The van der Waals surface area contributed by atoms with Crippen molar-refractivity contribution in [3.63, 3.8) is 0 Å². The van der Waals surface area contributed by atoms with E-state index >= 15 is 0 Å². The van der Waals surface area contributed by atoms with Gasteiger partial charge in [0.15, 0.2) is 0 Å². The molecule has 32 heavy (non-hydrogen) atoms. The normalized spacial score (nSPS) is 14.8. The number of aryl methyl sites for hydroxylation is 1. The van der Waals surface area contributed by atoms with Gasteiger partial charge in [0.25, 0.3) is 0 Å². The van der Waals surface area contributed by atoms with Gasteiger partial charge in [-0.3, -0.25) is 9.78 Å². The van der Waals surface area contributed by atoms with Crippen LogP contribution in [-0.2, 0) is 18.3 Å². The molecule has 0 saturated heterocycles. The number of aromatic nitrogens is 6. The number of hydrogen-bond acceptors (Lipinski definition) is 6. The van der Waals surface area contributed by atoms with Crippen LogP contribution < -0.4 is 9.47 Å². The summed E-state index contributed by atoms with van der Waals surface area (Å²) in [5, 5.41) is 17.7. The molecule has 4 aromatic rings. The van der Waals surface area contributed by atoms with Gasteiger partial charge >= 0.3 is 0 Å². The molecular formula is C23H26N6O3. The Morgan fingerprint density at radius 3 is 2.94 bits per heavy atom. The van der Waals surface area contributed by atoms with Crippen molar-refractivity contribution in [3.8, 4) is 22.9 Å². The second kappa shape index (κ2) is 8.51. The molecule has 0 atom stereocenters. The van der Waals surface area contributed by atoms with E-state index in [2.05, 4.69) is 26.5 Å². The molecule has 0 aliphatic carbocycles. The van der Waals surface area contributed by atoms with E-state index in [1.54, 1.807) is 11.8 Å². The Balaban J connectivity index is 1.60. The second-order valence-electron chi connectivity index (χ2n) is 7.76. The van der Waals surface area contributed by atoms with E-state index in [9.17, 15) is 0 Å². The van der Waals surface area contributed by atoms with Gasteiger partial charge in [0.2, 0.25) is 11.8 Å². The molecule has 0 saturated carbocycles. The average Bonchev–Trinajstić information content (AvgIpc) is 3.46.